The molecular weight excluding hydrogens is 305 g/mol. The average molecular weight is 321 g/mol. The second-order valence-corrected chi connectivity index (χ2v) is 6.13. The van der Waals surface area contributed by atoms with Gasteiger partial charge in [0.1, 0.15) is 22.1 Å². The molecule has 1 aromatic carbocycles. The van der Waals surface area contributed by atoms with Crippen molar-refractivity contribution in [3.8, 4) is 11.3 Å². The lowest BCUT2D eigenvalue weighted by atomic mass is 10.1. The number of thiocarbonyl (C=S) groups is 1. The highest BCUT2D eigenvalue weighted by Crippen LogP contribution is 2.23. The minimum atomic E-state index is -0.650. The number of carbonyl (C=O) groups excluding carboxylic acids is 1. The van der Waals surface area contributed by atoms with Crippen LogP contribution in [0.25, 0.3) is 11.3 Å². The van der Waals surface area contributed by atoms with Crippen molar-refractivity contribution >= 4 is 23.3 Å². The van der Waals surface area contributed by atoms with Gasteiger partial charge in [0.25, 0.3) is 0 Å². The first-order valence-electron chi connectivity index (χ1n) is 6.56. The Morgan fingerprint density at radius 2 is 1.91 bits per heavy atom. The van der Waals surface area contributed by atoms with E-state index >= 15 is 0 Å². The number of carbonyl (C=O) groups is 1. The van der Waals surface area contributed by atoms with Gasteiger partial charge in [-0.2, -0.15) is 9.78 Å². The second kappa shape index (κ2) is 5.84. The zero-order chi connectivity index (χ0) is 16.5. The molecule has 0 bridgehead atoms. The molecule has 0 saturated heterocycles. The first-order chi connectivity index (χ1) is 10.2. The molecule has 2 rings (SSSR count). The molecule has 22 heavy (non-hydrogen) atoms. The van der Waals surface area contributed by atoms with E-state index in [2.05, 4.69) is 5.10 Å². The number of ether oxygens (including phenoxy) is 1. The van der Waals surface area contributed by atoms with Crippen molar-refractivity contribution < 1.29 is 13.9 Å². The Bertz CT molecular complexity index is 717. The van der Waals surface area contributed by atoms with E-state index in [1.807, 2.05) is 0 Å². The third-order valence-electron chi connectivity index (χ3n) is 2.68. The molecule has 0 aliphatic heterocycles. The van der Waals surface area contributed by atoms with E-state index in [1.54, 1.807) is 32.9 Å². The van der Waals surface area contributed by atoms with Crippen LogP contribution in [0.5, 0.6) is 0 Å². The van der Waals surface area contributed by atoms with Crippen LogP contribution in [-0.4, -0.2) is 26.5 Å². The molecule has 2 aromatic rings. The van der Waals surface area contributed by atoms with E-state index in [9.17, 15) is 9.18 Å². The van der Waals surface area contributed by atoms with Crippen molar-refractivity contribution in [1.29, 1.82) is 0 Å². The Morgan fingerprint density at radius 3 is 2.41 bits per heavy atom. The van der Waals surface area contributed by atoms with Gasteiger partial charge in [0.15, 0.2) is 0 Å². The van der Waals surface area contributed by atoms with Gasteiger partial charge in [-0.25, -0.2) is 9.18 Å². The molecule has 116 valence electrons. The lowest BCUT2D eigenvalue weighted by molar-refractivity contribution is 0.0515. The molecule has 0 saturated carbocycles. The summed E-state index contributed by atoms with van der Waals surface area (Å²) in [6.07, 6.45) is 0.771. The SMILES string of the molecule is CC(C)(C)OC(=O)n1cc(C(N)=S)c(-c2ccc(F)cc2)n1. The van der Waals surface area contributed by atoms with Crippen LogP contribution in [0.15, 0.2) is 30.5 Å². The molecule has 0 fully saturated rings. The quantitative estimate of drug-likeness (QED) is 0.861. The standard InChI is InChI=1S/C15H16FN3O2S/c1-15(2,3)21-14(20)19-8-11(13(17)22)12(18-19)9-4-6-10(16)7-5-9/h4-8H,1-3H3,(H2,17,22). The van der Waals surface area contributed by atoms with E-state index in [-0.39, 0.29) is 10.8 Å². The predicted octanol–water partition coefficient (Wildman–Crippen LogP) is 3.11. The largest absolute Gasteiger partial charge is 0.442 e. The summed E-state index contributed by atoms with van der Waals surface area (Å²) in [5, 5.41) is 4.17. The van der Waals surface area contributed by atoms with E-state index in [0.717, 1.165) is 4.68 Å². The Balaban J connectivity index is 2.44. The first-order valence-corrected chi connectivity index (χ1v) is 6.97. The van der Waals surface area contributed by atoms with Crippen molar-refractivity contribution in [2.24, 2.45) is 5.73 Å². The van der Waals surface area contributed by atoms with Gasteiger partial charge in [0, 0.05) is 11.8 Å². The highest BCUT2D eigenvalue weighted by molar-refractivity contribution is 7.80. The van der Waals surface area contributed by atoms with Crippen molar-refractivity contribution in [3.05, 3.63) is 41.8 Å². The zero-order valence-electron chi connectivity index (χ0n) is 12.5. The van der Waals surface area contributed by atoms with Crippen molar-refractivity contribution in [2.45, 2.75) is 26.4 Å². The molecule has 0 aliphatic rings. The third kappa shape index (κ3) is 3.67. The molecule has 2 N–H and O–H groups in total. The Kier molecular flexibility index (Phi) is 4.27. The van der Waals surface area contributed by atoms with Gasteiger partial charge in [-0.05, 0) is 45.0 Å². The van der Waals surface area contributed by atoms with E-state index in [0.29, 0.717) is 16.8 Å². The summed E-state index contributed by atoms with van der Waals surface area (Å²) in [5.74, 6) is -0.368. The Morgan fingerprint density at radius 1 is 1.32 bits per heavy atom. The van der Waals surface area contributed by atoms with Gasteiger partial charge in [-0.15, -0.1) is 0 Å². The van der Waals surface area contributed by atoms with E-state index < -0.39 is 11.7 Å². The van der Waals surface area contributed by atoms with E-state index in [1.165, 1.54) is 18.3 Å². The van der Waals surface area contributed by atoms with Crippen LogP contribution in [0.1, 0.15) is 26.3 Å². The second-order valence-electron chi connectivity index (χ2n) is 5.69. The molecule has 0 amide bonds. The summed E-state index contributed by atoms with van der Waals surface area (Å²) in [5.41, 5.74) is 6.45. The molecule has 0 aliphatic carbocycles. The number of aromatic nitrogens is 2. The Hall–Kier alpha value is -2.28. The Labute approximate surface area is 132 Å². The van der Waals surface area contributed by atoms with Crippen LogP contribution in [0.2, 0.25) is 0 Å². The zero-order valence-corrected chi connectivity index (χ0v) is 13.3. The van der Waals surface area contributed by atoms with Gasteiger partial charge >= 0.3 is 6.09 Å². The van der Waals surface area contributed by atoms with Gasteiger partial charge < -0.3 is 10.5 Å². The first kappa shape index (κ1) is 16.1. The fourth-order valence-electron chi connectivity index (χ4n) is 1.78. The number of rotatable bonds is 2. The smallest absolute Gasteiger partial charge is 0.435 e. The number of hydrogen-bond acceptors (Lipinski definition) is 4. The minimum Gasteiger partial charge on any atom is -0.442 e. The fraction of sp³-hybridized carbons (Fsp3) is 0.267. The maximum Gasteiger partial charge on any atom is 0.435 e. The van der Waals surface area contributed by atoms with E-state index in [4.69, 9.17) is 22.7 Å². The van der Waals surface area contributed by atoms with Crippen molar-refractivity contribution in [1.82, 2.24) is 9.78 Å². The monoisotopic (exact) mass is 321 g/mol. The fourth-order valence-corrected chi connectivity index (χ4v) is 1.93. The molecule has 0 atom stereocenters. The molecule has 0 spiro atoms. The van der Waals surface area contributed by atoms with Crippen LogP contribution in [0.3, 0.4) is 0 Å². The number of benzene rings is 1. The summed E-state index contributed by atoms with van der Waals surface area (Å²) >= 11 is 4.98. The molecular formula is C15H16FN3O2S. The van der Waals surface area contributed by atoms with Crippen LogP contribution in [0.4, 0.5) is 9.18 Å². The number of hydrogen-bond donors (Lipinski definition) is 1. The summed E-state index contributed by atoms with van der Waals surface area (Å²) in [6.45, 7) is 5.26. The number of nitrogens with two attached hydrogens (primary N) is 1. The minimum absolute atomic E-state index is 0.0918. The van der Waals surface area contributed by atoms with Crippen LogP contribution < -0.4 is 5.73 Å². The lowest BCUT2D eigenvalue weighted by Crippen LogP contribution is -2.27. The summed E-state index contributed by atoms with van der Waals surface area (Å²) in [7, 11) is 0. The lowest BCUT2D eigenvalue weighted by Gasteiger charge is -2.18. The summed E-state index contributed by atoms with van der Waals surface area (Å²) in [4.78, 5) is 12.2. The maximum absolute atomic E-state index is 13.0. The van der Waals surface area contributed by atoms with Crippen molar-refractivity contribution in [2.75, 3.05) is 0 Å². The number of halogens is 1. The van der Waals surface area contributed by atoms with Crippen LogP contribution in [0, 0.1) is 5.82 Å². The highest BCUT2D eigenvalue weighted by atomic mass is 32.1. The van der Waals surface area contributed by atoms with Gasteiger partial charge in [-0.1, -0.05) is 12.2 Å². The highest BCUT2D eigenvalue weighted by Gasteiger charge is 2.21. The molecule has 0 radical (unpaired) electrons. The van der Waals surface area contributed by atoms with Crippen LogP contribution in [-0.2, 0) is 4.74 Å². The van der Waals surface area contributed by atoms with Gasteiger partial charge in [0.2, 0.25) is 0 Å². The van der Waals surface area contributed by atoms with Gasteiger partial charge in [-0.3, -0.25) is 0 Å². The third-order valence-corrected chi connectivity index (χ3v) is 2.90. The molecule has 1 heterocycles. The summed E-state index contributed by atoms with van der Waals surface area (Å²) in [6, 6.07) is 5.67. The maximum atomic E-state index is 13.0. The van der Waals surface area contributed by atoms with Crippen LogP contribution >= 0.6 is 12.2 Å². The molecule has 7 heteroatoms. The van der Waals surface area contributed by atoms with Gasteiger partial charge in [0.05, 0.1) is 5.56 Å². The number of nitrogens with zero attached hydrogens (tertiary/aromatic N) is 2. The normalized spacial score (nSPS) is 11.3. The molecule has 0 unspecified atom stereocenters. The molecule has 5 nitrogen and oxygen atoms in total. The topological polar surface area (TPSA) is 70.1 Å². The summed E-state index contributed by atoms with van der Waals surface area (Å²) < 4.78 is 19.3. The predicted molar refractivity (Wildman–Crippen MR) is 85.1 cm³/mol. The molecule has 1 aromatic heterocycles. The average Bonchev–Trinajstić information content (AvgIpc) is 2.83. The van der Waals surface area contributed by atoms with Crippen molar-refractivity contribution in [3.63, 3.8) is 0 Å².